The number of methoxy groups -OCH3 is 2. The van der Waals surface area contributed by atoms with E-state index in [1.807, 2.05) is 55.0 Å². The van der Waals surface area contributed by atoms with Crippen LogP contribution in [0.15, 0.2) is 71.9 Å². The smallest absolute Gasteiger partial charge is 0.320 e. The number of nitrogens with zero attached hydrogens (tertiary/aromatic N) is 2. The van der Waals surface area contributed by atoms with Crippen LogP contribution in [-0.4, -0.2) is 48.6 Å². The van der Waals surface area contributed by atoms with Gasteiger partial charge >= 0.3 is 5.97 Å². The summed E-state index contributed by atoms with van der Waals surface area (Å²) in [6, 6.07) is 19.0. The standard InChI is InChI=1S/C32H37N3O4/c1-6-21(3)35-19-34-18-26(24-11-8-7-10-20(24)2)31(35)25-16-23(15-14-22(25)17-27(33)32(36)37)30-28(38-4)12-9-13-29(30)39-5/h7-16,18-19,21,27,31H,6,17,33H2,1-5H3,(H,36,37)/t21?,27-,31?/m0/s1. The molecule has 7 heteroatoms. The third-order valence-corrected chi connectivity index (χ3v) is 7.48. The Morgan fingerprint density at radius 1 is 1.08 bits per heavy atom. The predicted molar refractivity (Wildman–Crippen MR) is 156 cm³/mol. The lowest BCUT2D eigenvalue weighted by Crippen LogP contribution is -2.38. The number of carboxylic acids is 1. The Bertz CT molecular complexity index is 1380. The average molecular weight is 528 g/mol. The van der Waals surface area contributed by atoms with Crippen molar-refractivity contribution in [1.82, 2.24) is 4.90 Å². The summed E-state index contributed by atoms with van der Waals surface area (Å²) in [6.07, 6.45) is 4.91. The molecule has 0 saturated carbocycles. The fraction of sp³-hybridized carbons (Fsp3) is 0.312. The molecule has 204 valence electrons. The van der Waals surface area contributed by atoms with Crippen molar-refractivity contribution in [2.75, 3.05) is 14.2 Å². The summed E-state index contributed by atoms with van der Waals surface area (Å²) in [5.74, 6) is 0.345. The van der Waals surface area contributed by atoms with E-state index < -0.39 is 12.0 Å². The number of aliphatic imine (C=N–C) groups is 1. The van der Waals surface area contributed by atoms with Crippen molar-refractivity contribution < 1.29 is 19.4 Å². The second-order valence-corrected chi connectivity index (χ2v) is 9.87. The van der Waals surface area contributed by atoms with E-state index in [0.717, 1.165) is 45.4 Å². The number of ether oxygens (including phenoxy) is 2. The lowest BCUT2D eigenvalue weighted by molar-refractivity contribution is -0.138. The van der Waals surface area contributed by atoms with Gasteiger partial charge in [0.1, 0.15) is 17.5 Å². The highest BCUT2D eigenvalue weighted by Gasteiger charge is 2.32. The molecule has 0 aromatic heterocycles. The predicted octanol–water partition coefficient (Wildman–Crippen LogP) is 5.86. The van der Waals surface area contributed by atoms with Gasteiger partial charge in [0.15, 0.2) is 0 Å². The Morgan fingerprint density at radius 2 is 1.77 bits per heavy atom. The molecular formula is C32H37N3O4. The number of rotatable bonds is 10. The maximum atomic E-state index is 11.8. The van der Waals surface area contributed by atoms with Gasteiger partial charge < -0.3 is 25.2 Å². The van der Waals surface area contributed by atoms with Crippen molar-refractivity contribution in [2.24, 2.45) is 10.7 Å². The lowest BCUT2D eigenvalue weighted by Gasteiger charge is -2.40. The highest BCUT2D eigenvalue weighted by atomic mass is 16.5. The second kappa shape index (κ2) is 12.2. The zero-order chi connectivity index (χ0) is 28.1. The molecule has 39 heavy (non-hydrogen) atoms. The largest absolute Gasteiger partial charge is 0.496 e. The first kappa shape index (κ1) is 27.9. The maximum Gasteiger partial charge on any atom is 0.320 e. The third-order valence-electron chi connectivity index (χ3n) is 7.48. The Hall–Kier alpha value is -4.10. The van der Waals surface area contributed by atoms with E-state index in [1.54, 1.807) is 14.2 Å². The van der Waals surface area contributed by atoms with E-state index in [9.17, 15) is 9.90 Å². The van der Waals surface area contributed by atoms with Crippen molar-refractivity contribution in [2.45, 2.75) is 51.7 Å². The molecule has 1 heterocycles. The van der Waals surface area contributed by atoms with Crippen LogP contribution in [0.4, 0.5) is 0 Å². The van der Waals surface area contributed by atoms with Crippen LogP contribution in [0, 0.1) is 6.92 Å². The van der Waals surface area contributed by atoms with Crippen LogP contribution in [-0.2, 0) is 11.2 Å². The molecule has 0 fully saturated rings. The molecular weight excluding hydrogens is 490 g/mol. The van der Waals surface area contributed by atoms with E-state index >= 15 is 0 Å². The van der Waals surface area contributed by atoms with Gasteiger partial charge in [0, 0.05) is 17.8 Å². The van der Waals surface area contributed by atoms with Crippen molar-refractivity contribution in [3.8, 4) is 22.6 Å². The number of benzene rings is 3. The third kappa shape index (κ3) is 5.68. The molecule has 4 rings (SSSR count). The van der Waals surface area contributed by atoms with Gasteiger partial charge in [-0.2, -0.15) is 0 Å². The lowest BCUT2D eigenvalue weighted by atomic mass is 9.83. The summed E-state index contributed by atoms with van der Waals surface area (Å²) in [7, 11) is 3.28. The maximum absolute atomic E-state index is 11.8. The molecule has 0 amide bonds. The zero-order valence-corrected chi connectivity index (χ0v) is 23.2. The summed E-state index contributed by atoms with van der Waals surface area (Å²) in [5.41, 5.74) is 12.9. The Balaban J connectivity index is 2.00. The van der Waals surface area contributed by atoms with Gasteiger partial charge in [-0.1, -0.05) is 49.4 Å². The summed E-state index contributed by atoms with van der Waals surface area (Å²) in [4.78, 5) is 18.7. The number of carboxylic acid groups (broad SMARTS) is 1. The molecule has 0 radical (unpaired) electrons. The van der Waals surface area contributed by atoms with Gasteiger partial charge in [-0.05, 0) is 72.7 Å². The van der Waals surface area contributed by atoms with Gasteiger partial charge in [0.2, 0.25) is 0 Å². The van der Waals surface area contributed by atoms with Gasteiger partial charge in [-0.3, -0.25) is 4.79 Å². The van der Waals surface area contributed by atoms with Crippen LogP contribution in [0.25, 0.3) is 16.7 Å². The quantitative estimate of drug-likeness (QED) is 0.343. The SMILES string of the molecule is CCC(C)N1C=NC=C(c2ccccc2C)C1c1cc(-c2c(OC)cccc2OC)ccc1C[C@H](N)C(=O)O. The number of carbonyl (C=O) groups is 1. The summed E-state index contributed by atoms with van der Waals surface area (Å²) in [5, 5.41) is 9.66. The minimum Gasteiger partial charge on any atom is -0.496 e. The monoisotopic (exact) mass is 527 g/mol. The average Bonchev–Trinajstić information content (AvgIpc) is 2.96. The molecule has 3 aromatic carbocycles. The zero-order valence-electron chi connectivity index (χ0n) is 23.2. The molecule has 0 bridgehead atoms. The van der Waals surface area contributed by atoms with Crippen LogP contribution in [0.3, 0.4) is 0 Å². The van der Waals surface area contributed by atoms with Gasteiger partial charge in [0.05, 0.1) is 32.2 Å². The molecule has 0 saturated heterocycles. The fourth-order valence-electron chi connectivity index (χ4n) is 5.16. The first-order chi connectivity index (χ1) is 18.8. The summed E-state index contributed by atoms with van der Waals surface area (Å²) in [6.45, 7) is 6.42. The van der Waals surface area contributed by atoms with E-state index in [1.165, 1.54) is 0 Å². The number of aliphatic carboxylic acids is 1. The van der Waals surface area contributed by atoms with Gasteiger partial charge in [-0.15, -0.1) is 0 Å². The molecule has 2 unspecified atom stereocenters. The van der Waals surface area contributed by atoms with Crippen molar-refractivity contribution >= 4 is 17.9 Å². The van der Waals surface area contributed by atoms with Gasteiger partial charge in [0.25, 0.3) is 0 Å². The molecule has 0 spiro atoms. The molecule has 3 atom stereocenters. The normalized spacial score (nSPS) is 16.4. The number of nitrogens with two attached hydrogens (primary N) is 1. The molecule has 3 aromatic rings. The van der Waals surface area contributed by atoms with Crippen LogP contribution < -0.4 is 15.2 Å². The minimum absolute atomic E-state index is 0.178. The van der Waals surface area contributed by atoms with Crippen LogP contribution in [0.2, 0.25) is 0 Å². The molecule has 1 aliphatic heterocycles. The molecule has 3 N–H and O–H groups in total. The van der Waals surface area contributed by atoms with E-state index in [-0.39, 0.29) is 18.5 Å². The van der Waals surface area contributed by atoms with Crippen molar-refractivity contribution in [3.63, 3.8) is 0 Å². The second-order valence-electron chi connectivity index (χ2n) is 9.87. The van der Waals surface area contributed by atoms with Crippen LogP contribution >= 0.6 is 0 Å². The van der Waals surface area contributed by atoms with Crippen LogP contribution in [0.5, 0.6) is 11.5 Å². The fourth-order valence-corrected chi connectivity index (χ4v) is 5.16. The number of hydrogen-bond donors (Lipinski definition) is 2. The first-order valence-electron chi connectivity index (χ1n) is 13.2. The Kier molecular flexibility index (Phi) is 8.72. The molecule has 0 aliphatic carbocycles. The minimum atomic E-state index is -1.03. The first-order valence-corrected chi connectivity index (χ1v) is 13.2. The topological polar surface area (TPSA) is 97.4 Å². The summed E-state index contributed by atoms with van der Waals surface area (Å²) < 4.78 is 11.4. The van der Waals surface area contributed by atoms with Crippen molar-refractivity contribution in [1.29, 1.82) is 0 Å². The van der Waals surface area contributed by atoms with Crippen molar-refractivity contribution in [3.05, 3.63) is 89.1 Å². The number of aryl methyl sites for hydroxylation is 1. The highest BCUT2D eigenvalue weighted by Crippen LogP contribution is 2.44. The van der Waals surface area contributed by atoms with E-state index in [2.05, 4.69) is 48.9 Å². The van der Waals surface area contributed by atoms with E-state index in [4.69, 9.17) is 15.2 Å². The Morgan fingerprint density at radius 3 is 2.38 bits per heavy atom. The highest BCUT2D eigenvalue weighted by molar-refractivity contribution is 5.83. The molecule has 7 nitrogen and oxygen atoms in total. The Labute approximate surface area is 230 Å². The van der Waals surface area contributed by atoms with Crippen LogP contribution in [0.1, 0.15) is 48.6 Å². The number of hydrogen-bond acceptors (Lipinski definition) is 6. The summed E-state index contributed by atoms with van der Waals surface area (Å²) >= 11 is 0. The van der Waals surface area contributed by atoms with Gasteiger partial charge in [-0.25, -0.2) is 4.99 Å². The van der Waals surface area contributed by atoms with E-state index in [0.29, 0.717) is 11.5 Å². The molecule has 1 aliphatic rings.